The Morgan fingerprint density at radius 1 is 1.03 bits per heavy atom. The molecule has 0 heterocycles. The van der Waals surface area contributed by atoms with Crippen molar-refractivity contribution in [1.82, 2.24) is 4.90 Å². The molecule has 3 rings (SSSR count). The van der Waals surface area contributed by atoms with E-state index in [0.717, 1.165) is 51.4 Å². The number of oxime groups is 1. The number of unbranched alkanes of at least 4 members (excludes halogenated alkanes) is 1. The van der Waals surface area contributed by atoms with Gasteiger partial charge in [-0.25, -0.2) is 4.99 Å². The summed E-state index contributed by atoms with van der Waals surface area (Å²) >= 11 is 0. The maximum absolute atomic E-state index is 13.5. The van der Waals surface area contributed by atoms with Crippen LogP contribution in [0.3, 0.4) is 0 Å². The Labute approximate surface area is 175 Å². The monoisotopic (exact) mass is 397 g/mol. The number of aliphatic imine (C=N–C) groups is 1. The van der Waals surface area contributed by atoms with Gasteiger partial charge in [-0.15, -0.1) is 0 Å². The summed E-state index contributed by atoms with van der Waals surface area (Å²) in [5, 5.41) is 4.17. The van der Waals surface area contributed by atoms with Crippen LogP contribution in [0.25, 0.3) is 0 Å². The van der Waals surface area contributed by atoms with Crippen molar-refractivity contribution in [3.8, 4) is 0 Å². The third-order valence-corrected chi connectivity index (χ3v) is 5.88. The Balaban J connectivity index is 1.91. The molecule has 0 unspecified atom stereocenters. The lowest BCUT2D eigenvalue weighted by Crippen LogP contribution is -2.46. The van der Waals surface area contributed by atoms with Crippen molar-refractivity contribution in [2.45, 2.75) is 96.1 Å². The molecule has 5 heteroatoms. The van der Waals surface area contributed by atoms with Crippen LogP contribution in [0.1, 0.15) is 94.3 Å². The minimum absolute atomic E-state index is 0.0299. The largest absolute Gasteiger partial charge is 0.325 e. The van der Waals surface area contributed by atoms with E-state index < -0.39 is 0 Å². The lowest BCUT2D eigenvalue weighted by atomic mass is 9.93. The Bertz CT molecular complexity index is 675. The third-order valence-electron chi connectivity index (χ3n) is 5.88. The quantitative estimate of drug-likeness (QED) is 0.338. The van der Waals surface area contributed by atoms with Gasteiger partial charge in [0.15, 0.2) is 0 Å². The summed E-state index contributed by atoms with van der Waals surface area (Å²) in [6.07, 6.45) is 14.9. The van der Waals surface area contributed by atoms with Crippen molar-refractivity contribution in [2.24, 2.45) is 10.1 Å². The Kier molecular flexibility index (Phi) is 8.72. The first-order valence-corrected chi connectivity index (χ1v) is 11.4. The van der Waals surface area contributed by atoms with Crippen LogP contribution in [0.2, 0.25) is 0 Å². The number of rotatable bonds is 6. The molecule has 2 saturated carbocycles. The molecule has 1 aromatic carbocycles. The van der Waals surface area contributed by atoms with Gasteiger partial charge in [0.25, 0.3) is 5.91 Å². The van der Waals surface area contributed by atoms with Crippen molar-refractivity contribution in [3.05, 3.63) is 35.9 Å². The normalized spacial score (nSPS) is 19.4. The highest BCUT2D eigenvalue weighted by atomic mass is 16.6. The van der Waals surface area contributed by atoms with Gasteiger partial charge in [0.2, 0.25) is 0 Å². The second-order valence-corrected chi connectivity index (χ2v) is 8.20. The molecule has 0 spiro atoms. The summed E-state index contributed by atoms with van der Waals surface area (Å²) < 4.78 is 0. The second-order valence-electron chi connectivity index (χ2n) is 8.20. The number of amidine groups is 1. The van der Waals surface area contributed by atoms with Crippen LogP contribution in [0.4, 0.5) is 0 Å². The average molecular weight is 398 g/mol. The molecular weight excluding hydrogens is 362 g/mol. The highest BCUT2D eigenvalue weighted by molar-refractivity contribution is 6.04. The standard InChI is InChI=1S/C24H35N3O2/c1-2-3-19-25-29-24(26-21-15-9-5-10-16-21)27(22-17-11-6-12-18-22)23(28)20-13-7-4-8-14-20/h4,7-8,13-14,19,21-22H,2-3,5-6,9-12,15-18H2,1H3. The fourth-order valence-electron chi connectivity index (χ4n) is 4.23. The molecule has 0 bridgehead atoms. The minimum atomic E-state index is -0.0299. The van der Waals surface area contributed by atoms with Gasteiger partial charge >= 0.3 is 6.02 Å². The van der Waals surface area contributed by atoms with Gasteiger partial charge in [0.05, 0.1) is 6.04 Å². The SMILES string of the molecule is CCCC=NOC(=NC1CCCCC1)N(C(=O)c1ccccc1)C1CCCCC1. The topological polar surface area (TPSA) is 54.3 Å². The highest BCUT2D eigenvalue weighted by Gasteiger charge is 2.32. The summed E-state index contributed by atoms with van der Waals surface area (Å²) in [4.78, 5) is 26.1. The molecule has 5 nitrogen and oxygen atoms in total. The predicted molar refractivity (Wildman–Crippen MR) is 118 cm³/mol. The smallest absolute Gasteiger partial charge is 0.317 e. The summed E-state index contributed by atoms with van der Waals surface area (Å²) in [5.74, 6) is -0.0299. The van der Waals surface area contributed by atoms with Crippen LogP contribution < -0.4 is 0 Å². The molecule has 1 aromatic rings. The molecule has 158 valence electrons. The average Bonchev–Trinajstić information content (AvgIpc) is 2.78. The number of carbonyl (C=O) groups excluding carboxylic acids is 1. The third kappa shape index (κ3) is 6.41. The van der Waals surface area contributed by atoms with Gasteiger partial charge in [-0.05, 0) is 44.2 Å². The van der Waals surface area contributed by atoms with Gasteiger partial charge in [-0.1, -0.05) is 75.2 Å². The lowest BCUT2D eigenvalue weighted by Gasteiger charge is -2.34. The van der Waals surface area contributed by atoms with Crippen LogP contribution in [-0.4, -0.2) is 35.1 Å². The van der Waals surface area contributed by atoms with Crippen LogP contribution in [0.5, 0.6) is 0 Å². The summed E-state index contributed by atoms with van der Waals surface area (Å²) in [6, 6.07) is 10.2. The molecule has 29 heavy (non-hydrogen) atoms. The van der Waals surface area contributed by atoms with Crippen LogP contribution in [0.15, 0.2) is 40.5 Å². The lowest BCUT2D eigenvalue weighted by molar-refractivity contribution is 0.0715. The van der Waals surface area contributed by atoms with Crippen molar-refractivity contribution < 1.29 is 9.63 Å². The zero-order valence-electron chi connectivity index (χ0n) is 17.8. The number of carbonyl (C=O) groups is 1. The zero-order chi connectivity index (χ0) is 20.3. The summed E-state index contributed by atoms with van der Waals surface area (Å²) in [5.41, 5.74) is 0.676. The minimum Gasteiger partial charge on any atom is -0.317 e. The number of hydrogen-bond acceptors (Lipinski definition) is 4. The molecule has 1 amide bonds. The maximum Gasteiger partial charge on any atom is 0.325 e. The van der Waals surface area contributed by atoms with Crippen molar-refractivity contribution in [1.29, 1.82) is 0 Å². The molecule has 2 fully saturated rings. The van der Waals surface area contributed by atoms with Crippen LogP contribution in [-0.2, 0) is 4.84 Å². The van der Waals surface area contributed by atoms with E-state index in [9.17, 15) is 4.79 Å². The van der Waals surface area contributed by atoms with E-state index >= 15 is 0 Å². The first-order chi connectivity index (χ1) is 14.3. The zero-order valence-corrected chi connectivity index (χ0v) is 17.8. The maximum atomic E-state index is 13.5. The molecule has 0 saturated heterocycles. The Morgan fingerprint density at radius 2 is 1.69 bits per heavy atom. The molecule has 0 atom stereocenters. The molecule has 0 aromatic heterocycles. The first kappa shape index (κ1) is 21.5. The van der Waals surface area contributed by atoms with E-state index in [1.165, 1.54) is 25.7 Å². The number of nitrogens with zero attached hydrogens (tertiary/aromatic N) is 3. The van der Waals surface area contributed by atoms with E-state index in [1.807, 2.05) is 35.2 Å². The number of benzene rings is 1. The van der Waals surface area contributed by atoms with Crippen molar-refractivity contribution in [3.63, 3.8) is 0 Å². The van der Waals surface area contributed by atoms with Crippen molar-refractivity contribution >= 4 is 18.1 Å². The second kappa shape index (κ2) is 11.7. The van der Waals surface area contributed by atoms with E-state index in [-0.39, 0.29) is 18.0 Å². The van der Waals surface area contributed by atoms with Crippen LogP contribution in [0, 0.1) is 0 Å². The molecule has 0 radical (unpaired) electrons. The number of amides is 1. The molecule has 2 aliphatic carbocycles. The molecular formula is C24H35N3O2. The first-order valence-electron chi connectivity index (χ1n) is 11.4. The van der Waals surface area contributed by atoms with Crippen LogP contribution >= 0.6 is 0 Å². The fraction of sp³-hybridized carbons (Fsp3) is 0.625. The molecule has 0 aliphatic heterocycles. The Morgan fingerprint density at radius 3 is 2.34 bits per heavy atom. The highest BCUT2D eigenvalue weighted by Crippen LogP contribution is 2.27. The van der Waals surface area contributed by atoms with Gasteiger partial charge in [-0.2, -0.15) is 0 Å². The van der Waals surface area contributed by atoms with E-state index in [2.05, 4.69) is 12.1 Å². The number of hydrogen-bond donors (Lipinski definition) is 0. The van der Waals surface area contributed by atoms with E-state index in [4.69, 9.17) is 9.83 Å². The Hall–Kier alpha value is -2.17. The van der Waals surface area contributed by atoms with Gasteiger partial charge in [-0.3, -0.25) is 9.69 Å². The summed E-state index contributed by atoms with van der Waals surface area (Å²) in [7, 11) is 0. The molecule has 2 aliphatic rings. The molecule has 0 N–H and O–H groups in total. The van der Waals surface area contributed by atoms with Gasteiger partial charge in [0.1, 0.15) is 0 Å². The summed E-state index contributed by atoms with van der Waals surface area (Å²) in [6.45, 7) is 2.11. The van der Waals surface area contributed by atoms with Gasteiger partial charge < -0.3 is 4.84 Å². The van der Waals surface area contributed by atoms with Crippen molar-refractivity contribution in [2.75, 3.05) is 0 Å². The van der Waals surface area contributed by atoms with E-state index in [0.29, 0.717) is 11.6 Å². The fourth-order valence-corrected chi connectivity index (χ4v) is 4.23. The van der Waals surface area contributed by atoms with Gasteiger partial charge in [0, 0.05) is 17.8 Å². The predicted octanol–water partition coefficient (Wildman–Crippen LogP) is 5.95. The van der Waals surface area contributed by atoms with E-state index in [1.54, 1.807) is 6.21 Å².